The van der Waals surface area contributed by atoms with Gasteiger partial charge in [0.05, 0.1) is 0 Å². The smallest absolute Gasteiger partial charge is 0.00886 e. The van der Waals surface area contributed by atoms with Crippen LogP contribution in [0.1, 0.15) is 128 Å². The lowest BCUT2D eigenvalue weighted by atomic mass is 10.1. The number of hydrogen-bond donors (Lipinski definition) is 0. The van der Waals surface area contributed by atoms with Gasteiger partial charge in [0.1, 0.15) is 0 Å². The van der Waals surface area contributed by atoms with Crippen LogP contribution in [0, 0.1) is 25.7 Å². The Kier molecular flexibility index (Phi) is 22.1. The van der Waals surface area contributed by atoms with Crippen LogP contribution in [0.5, 0.6) is 0 Å². The molecule has 0 N–H and O–H groups in total. The minimum absolute atomic E-state index is 1.10. The van der Waals surface area contributed by atoms with E-state index >= 15 is 0 Å². The summed E-state index contributed by atoms with van der Waals surface area (Å²) in [5, 5.41) is 0. The Bertz CT molecular complexity index is 267. The van der Waals surface area contributed by atoms with Crippen LogP contribution in [-0.4, -0.2) is 0 Å². The van der Waals surface area contributed by atoms with Crippen LogP contribution in [0.25, 0.3) is 0 Å². The zero-order valence-corrected chi connectivity index (χ0v) is 16.6. The Morgan fingerprint density at radius 3 is 0.875 bits per heavy atom. The molecule has 0 spiro atoms. The maximum atomic E-state index is 3.89. The van der Waals surface area contributed by atoms with Crippen molar-refractivity contribution in [1.82, 2.24) is 0 Å². The monoisotopic (exact) mass is 332 g/mol. The summed E-state index contributed by atoms with van der Waals surface area (Å²) in [6, 6.07) is 0. The van der Waals surface area contributed by atoms with Gasteiger partial charge in [-0.3, -0.25) is 0 Å². The van der Waals surface area contributed by atoms with Crippen LogP contribution < -0.4 is 0 Å². The topological polar surface area (TPSA) is 0 Å². The molecule has 0 aromatic rings. The second-order valence-corrected chi connectivity index (χ2v) is 7.22. The lowest BCUT2D eigenvalue weighted by Gasteiger charge is -2.01. The highest BCUT2D eigenvalue weighted by molar-refractivity contribution is 4.98. The Morgan fingerprint density at radius 1 is 0.333 bits per heavy atom. The van der Waals surface area contributed by atoms with Gasteiger partial charge in [-0.1, -0.05) is 117 Å². The summed E-state index contributed by atoms with van der Waals surface area (Å²) < 4.78 is 0. The molecule has 0 nitrogen and oxygen atoms in total. The lowest BCUT2D eigenvalue weighted by Crippen LogP contribution is -1.82. The minimum atomic E-state index is 1.10. The molecule has 0 bridgehead atoms. The molecule has 0 amide bonds. The predicted octanol–water partition coefficient (Wildman–Crippen LogP) is 8.46. The van der Waals surface area contributed by atoms with Gasteiger partial charge in [-0.2, -0.15) is 0 Å². The van der Waals surface area contributed by atoms with E-state index in [9.17, 15) is 0 Å². The summed E-state index contributed by atoms with van der Waals surface area (Å²) in [6.45, 7) is 7.78. The molecule has 0 aromatic carbocycles. The third kappa shape index (κ3) is 21.6. The molecule has 0 aromatic heterocycles. The van der Waals surface area contributed by atoms with Crippen molar-refractivity contribution < 1.29 is 0 Å². The van der Waals surface area contributed by atoms with Crippen molar-refractivity contribution in [1.29, 1.82) is 0 Å². The Balaban J connectivity index is 3.07. The van der Waals surface area contributed by atoms with E-state index in [0.29, 0.717) is 0 Å². The number of rotatable bonds is 18. The predicted molar refractivity (Wildman–Crippen MR) is 111 cm³/mol. The molecule has 0 rings (SSSR count). The van der Waals surface area contributed by atoms with Crippen LogP contribution >= 0.6 is 0 Å². The molecule has 0 aliphatic rings. The van der Waals surface area contributed by atoms with Crippen molar-refractivity contribution in [3.8, 4) is 11.8 Å². The van der Waals surface area contributed by atoms with Gasteiger partial charge in [0.25, 0.3) is 0 Å². The summed E-state index contributed by atoms with van der Waals surface area (Å²) in [5.74, 6) is 6.72. The lowest BCUT2D eigenvalue weighted by molar-refractivity contribution is 0.554. The summed E-state index contributed by atoms with van der Waals surface area (Å²) >= 11 is 0. The summed E-state index contributed by atoms with van der Waals surface area (Å²) in [6.07, 6.45) is 26.5. The molecule has 0 saturated heterocycles. The molecule has 2 radical (unpaired) electrons. The third-order valence-corrected chi connectivity index (χ3v) is 4.73. The standard InChI is InChI=1S/C24H44/c1-3-5-7-9-11-13-15-17-19-21-23-24-22-20-18-16-14-12-10-8-6-4-2/h1-19,21,23-24H2. The van der Waals surface area contributed by atoms with Crippen molar-refractivity contribution in [2.24, 2.45) is 0 Å². The quantitative estimate of drug-likeness (QED) is 0.174. The molecule has 0 atom stereocenters. The second kappa shape index (κ2) is 22.6. The van der Waals surface area contributed by atoms with E-state index < -0.39 is 0 Å². The van der Waals surface area contributed by atoms with Crippen LogP contribution in [0.15, 0.2) is 0 Å². The Morgan fingerprint density at radius 2 is 0.583 bits per heavy atom. The SMILES string of the molecule is [CH2]CCCCCCCCC#CCCCCCCCCCCCC[CH2]. The summed E-state index contributed by atoms with van der Waals surface area (Å²) in [5.41, 5.74) is 0. The third-order valence-electron chi connectivity index (χ3n) is 4.73. The van der Waals surface area contributed by atoms with Gasteiger partial charge < -0.3 is 0 Å². The van der Waals surface area contributed by atoms with Crippen LogP contribution in [0.3, 0.4) is 0 Å². The molecule has 0 fully saturated rings. The van der Waals surface area contributed by atoms with E-state index in [4.69, 9.17) is 0 Å². The first-order valence-corrected chi connectivity index (χ1v) is 11.0. The van der Waals surface area contributed by atoms with Crippen LogP contribution in [0.4, 0.5) is 0 Å². The fourth-order valence-electron chi connectivity index (χ4n) is 3.08. The maximum absolute atomic E-state index is 3.89. The molecule has 0 aliphatic carbocycles. The van der Waals surface area contributed by atoms with E-state index in [0.717, 1.165) is 25.7 Å². The second-order valence-electron chi connectivity index (χ2n) is 7.22. The zero-order chi connectivity index (χ0) is 17.6. The molecule has 0 heteroatoms. The maximum Gasteiger partial charge on any atom is 0.00886 e. The highest BCUT2D eigenvalue weighted by Crippen LogP contribution is 2.12. The molecule has 0 heterocycles. The van der Waals surface area contributed by atoms with Gasteiger partial charge in [0.15, 0.2) is 0 Å². The normalized spacial score (nSPS) is 10.6. The largest absolute Gasteiger partial charge is 0.103 e. The average molecular weight is 333 g/mol. The van der Waals surface area contributed by atoms with Crippen molar-refractivity contribution in [3.63, 3.8) is 0 Å². The zero-order valence-electron chi connectivity index (χ0n) is 16.6. The van der Waals surface area contributed by atoms with E-state index in [1.54, 1.807) is 0 Å². The van der Waals surface area contributed by atoms with Gasteiger partial charge in [-0.15, -0.1) is 11.8 Å². The van der Waals surface area contributed by atoms with Gasteiger partial charge in [-0.05, 0) is 12.8 Å². The molecule has 24 heavy (non-hydrogen) atoms. The van der Waals surface area contributed by atoms with E-state index in [2.05, 4.69) is 25.7 Å². The number of unbranched alkanes of at least 4 members (excludes halogenated alkanes) is 18. The van der Waals surface area contributed by atoms with Gasteiger partial charge in [-0.25, -0.2) is 0 Å². The Hall–Kier alpha value is -0.440. The van der Waals surface area contributed by atoms with E-state index in [1.807, 2.05) is 0 Å². The fraction of sp³-hybridized carbons (Fsp3) is 0.833. The fourth-order valence-corrected chi connectivity index (χ4v) is 3.08. The highest BCUT2D eigenvalue weighted by atomic mass is 14.0. The summed E-state index contributed by atoms with van der Waals surface area (Å²) in [4.78, 5) is 0. The average Bonchev–Trinajstić information content (AvgIpc) is 2.60. The molecule has 0 aliphatic heterocycles. The van der Waals surface area contributed by atoms with E-state index in [-0.39, 0.29) is 0 Å². The first-order valence-electron chi connectivity index (χ1n) is 11.0. The molecular weight excluding hydrogens is 288 g/mol. The van der Waals surface area contributed by atoms with Gasteiger partial charge in [0.2, 0.25) is 0 Å². The Labute approximate surface area is 154 Å². The highest BCUT2D eigenvalue weighted by Gasteiger charge is 1.92. The minimum Gasteiger partial charge on any atom is -0.103 e. The van der Waals surface area contributed by atoms with E-state index in [1.165, 1.54) is 103 Å². The van der Waals surface area contributed by atoms with Crippen LogP contribution in [-0.2, 0) is 0 Å². The molecule has 0 unspecified atom stereocenters. The van der Waals surface area contributed by atoms with Crippen molar-refractivity contribution >= 4 is 0 Å². The van der Waals surface area contributed by atoms with Crippen molar-refractivity contribution in [2.45, 2.75) is 128 Å². The number of hydrogen-bond acceptors (Lipinski definition) is 0. The van der Waals surface area contributed by atoms with Gasteiger partial charge >= 0.3 is 0 Å². The van der Waals surface area contributed by atoms with Crippen molar-refractivity contribution in [2.75, 3.05) is 0 Å². The molecule has 140 valence electrons. The first kappa shape index (κ1) is 23.6. The van der Waals surface area contributed by atoms with Crippen molar-refractivity contribution in [3.05, 3.63) is 13.8 Å². The van der Waals surface area contributed by atoms with Gasteiger partial charge in [0, 0.05) is 12.8 Å². The first-order chi connectivity index (χ1) is 11.9. The molecule has 0 saturated carbocycles. The summed E-state index contributed by atoms with van der Waals surface area (Å²) in [7, 11) is 0. The van der Waals surface area contributed by atoms with Crippen LogP contribution in [0.2, 0.25) is 0 Å². The molecular formula is C24H44.